The molecule has 1 fully saturated rings. The first-order valence-corrected chi connectivity index (χ1v) is 8.85. The summed E-state index contributed by atoms with van der Waals surface area (Å²) >= 11 is 0. The van der Waals surface area contributed by atoms with Crippen molar-refractivity contribution in [3.05, 3.63) is 30.3 Å². The van der Waals surface area contributed by atoms with E-state index >= 15 is 0 Å². The van der Waals surface area contributed by atoms with E-state index in [-0.39, 0.29) is 18.7 Å². The molecular weight excluding hydrogens is 336 g/mol. The van der Waals surface area contributed by atoms with Crippen molar-refractivity contribution in [2.45, 2.75) is 38.1 Å². The van der Waals surface area contributed by atoms with Crippen LogP contribution in [0, 0.1) is 0 Å². The number of piperidine rings is 1. The first kappa shape index (κ1) is 19.9. The van der Waals surface area contributed by atoms with Crippen LogP contribution in [0.4, 0.5) is 5.69 Å². The number of amides is 1. The number of aliphatic carboxylic acids is 1. The van der Waals surface area contributed by atoms with Crippen LogP contribution in [0.3, 0.4) is 0 Å². The number of anilines is 1. The number of carboxylic acids is 1. The van der Waals surface area contributed by atoms with Gasteiger partial charge in [-0.25, -0.2) is 4.79 Å². The fraction of sp³-hybridized carbons (Fsp3) is 0.526. The van der Waals surface area contributed by atoms with Crippen molar-refractivity contribution < 1.29 is 24.2 Å². The third-order valence-electron chi connectivity index (χ3n) is 4.88. The Morgan fingerprint density at radius 1 is 1.19 bits per heavy atom. The van der Waals surface area contributed by atoms with Crippen molar-refractivity contribution in [1.29, 1.82) is 0 Å². The van der Waals surface area contributed by atoms with E-state index in [1.807, 2.05) is 35.2 Å². The number of hydrogen-bond donors (Lipinski definition) is 1. The van der Waals surface area contributed by atoms with Crippen molar-refractivity contribution in [2.24, 2.45) is 0 Å². The molecule has 2 rings (SSSR count). The molecule has 7 nitrogen and oxygen atoms in total. The van der Waals surface area contributed by atoms with Gasteiger partial charge in [0.05, 0.1) is 13.5 Å². The Kier molecular flexibility index (Phi) is 6.74. The third-order valence-corrected chi connectivity index (χ3v) is 4.88. The summed E-state index contributed by atoms with van der Waals surface area (Å²) in [4.78, 5) is 39.9. The number of para-hydroxylation sites is 1. The molecule has 1 aliphatic rings. The Morgan fingerprint density at radius 3 is 2.31 bits per heavy atom. The summed E-state index contributed by atoms with van der Waals surface area (Å²) in [6.07, 6.45) is 1.14. The first-order chi connectivity index (χ1) is 12.4. The number of methoxy groups -OCH3 is 1. The van der Waals surface area contributed by atoms with Crippen LogP contribution in [-0.4, -0.2) is 60.1 Å². The molecule has 1 aromatic rings. The zero-order chi connectivity index (χ0) is 19.2. The van der Waals surface area contributed by atoms with Gasteiger partial charge in [-0.05, 0) is 25.0 Å². The maximum Gasteiger partial charge on any atom is 0.332 e. The second-order valence-corrected chi connectivity index (χ2v) is 6.43. The minimum atomic E-state index is -1.07. The molecule has 1 saturated heterocycles. The van der Waals surface area contributed by atoms with Gasteiger partial charge in [0, 0.05) is 31.7 Å². The Labute approximate surface area is 153 Å². The van der Waals surface area contributed by atoms with Gasteiger partial charge in [0.2, 0.25) is 5.91 Å². The Bertz CT molecular complexity index is 639. The highest BCUT2D eigenvalue weighted by Crippen LogP contribution is 2.35. The second kappa shape index (κ2) is 8.80. The average Bonchev–Trinajstić information content (AvgIpc) is 2.67. The van der Waals surface area contributed by atoms with Crippen molar-refractivity contribution in [3.63, 3.8) is 0 Å². The number of benzene rings is 1. The summed E-state index contributed by atoms with van der Waals surface area (Å²) < 4.78 is 5.08. The lowest BCUT2D eigenvalue weighted by molar-refractivity contribution is -0.151. The maximum absolute atomic E-state index is 12.8. The fourth-order valence-corrected chi connectivity index (χ4v) is 3.47. The Hall–Kier alpha value is -2.41. The van der Waals surface area contributed by atoms with Gasteiger partial charge in [-0.2, -0.15) is 0 Å². The summed E-state index contributed by atoms with van der Waals surface area (Å²) in [7, 11) is 1.33. The van der Waals surface area contributed by atoms with Crippen LogP contribution in [0.15, 0.2) is 30.3 Å². The van der Waals surface area contributed by atoms with E-state index in [1.54, 1.807) is 11.8 Å². The van der Waals surface area contributed by atoms with E-state index in [0.717, 1.165) is 0 Å². The van der Waals surface area contributed by atoms with Gasteiger partial charge in [0.1, 0.15) is 5.54 Å². The predicted molar refractivity (Wildman–Crippen MR) is 96.9 cm³/mol. The average molecular weight is 362 g/mol. The van der Waals surface area contributed by atoms with E-state index in [4.69, 9.17) is 9.84 Å². The first-order valence-electron chi connectivity index (χ1n) is 8.85. The summed E-state index contributed by atoms with van der Waals surface area (Å²) in [5.41, 5.74) is -0.396. The number of hydrogen-bond acceptors (Lipinski definition) is 5. The molecule has 0 spiro atoms. The number of carbonyl (C=O) groups excluding carboxylic acids is 2. The van der Waals surface area contributed by atoms with Crippen molar-refractivity contribution >= 4 is 23.5 Å². The normalized spacial score (nSPS) is 16.7. The number of nitrogens with zero attached hydrogens (tertiary/aromatic N) is 2. The van der Waals surface area contributed by atoms with Crippen LogP contribution in [0.1, 0.15) is 32.6 Å². The minimum absolute atomic E-state index is 0.0571. The van der Waals surface area contributed by atoms with Gasteiger partial charge in [-0.3, -0.25) is 14.5 Å². The quantitative estimate of drug-likeness (QED) is 0.746. The van der Waals surface area contributed by atoms with Crippen molar-refractivity contribution in [3.8, 4) is 0 Å². The third kappa shape index (κ3) is 4.22. The number of esters is 1. The summed E-state index contributed by atoms with van der Waals surface area (Å²) in [6.45, 7) is 3.26. The highest BCUT2D eigenvalue weighted by molar-refractivity contribution is 6.02. The summed E-state index contributed by atoms with van der Waals surface area (Å²) in [5.74, 6) is -1.41. The van der Waals surface area contributed by atoms with Crippen LogP contribution < -0.4 is 4.90 Å². The van der Waals surface area contributed by atoms with Gasteiger partial charge in [0.25, 0.3) is 0 Å². The van der Waals surface area contributed by atoms with E-state index in [0.29, 0.717) is 38.2 Å². The van der Waals surface area contributed by atoms with E-state index in [2.05, 4.69) is 0 Å². The second-order valence-electron chi connectivity index (χ2n) is 6.43. The monoisotopic (exact) mass is 362 g/mol. The van der Waals surface area contributed by atoms with Gasteiger partial charge in [-0.1, -0.05) is 25.1 Å². The molecule has 0 aliphatic carbocycles. The van der Waals surface area contributed by atoms with Gasteiger partial charge in [-0.15, -0.1) is 0 Å². The smallest absolute Gasteiger partial charge is 0.332 e. The van der Waals surface area contributed by atoms with Gasteiger partial charge in [0.15, 0.2) is 0 Å². The molecule has 1 aromatic carbocycles. The maximum atomic E-state index is 12.8. The highest BCUT2D eigenvalue weighted by Gasteiger charge is 2.49. The Morgan fingerprint density at radius 2 is 1.81 bits per heavy atom. The molecule has 0 saturated carbocycles. The lowest BCUT2D eigenvalue weighted by Crippen LogP contribution is -2.62. The van der Waals surface area contributed by atoms with Crippen LogP contribution in [0.2, 0.25) is 0 Å². The van der Waals surface area contributed by atoms with Crippen LogP contribution in [-0.2, 0) is 19.1 Å². The van der Waals surface area contributed by atoms with Crippen LogP contribution in [0.5, 0.6) is 0 Å². The van der Waals surface area contributed by atoms with E-state index in [1.165, 1.54) is 7.11 Å². The van der Waals surface area contributed by atoms with Crippen LogP contribution in [0.25, 0.3) is 0 Å². The molecule has 1 N–H and O–H groups in total. The number of rotatable bonds is 7. The molecule has 0 atom stereocenters. The lowest BCUT2D eigenvalue weighted by Gasteiger charge is -2.46. The molecule has 0 radical (unpaired) electrons. The highest BCUT2D eigenvalue weighted by atomic mass is 16.5. The molecule has 0 aromatic heterocycles. The van der Waals surface area contributed by atoms with Crippen molar-refractivity contribution in [2.75, 3.05) is 31.6 Å². The number of likely N-dealkylation sites (tertiary alicyclic amines) is 1. The molecule has 7 heteroatoms. The van der Waals surface area contributed by atoms with Gasteiger partial charge < -0.3 is 14.7 Å². The van der Waals surface area contributed by atoms with Crippen LogP contribution >= 0.6 is 0 Å². The molecular formula is C19H26N2O5. The zero-order valence-electron chi connectivity index (χ0n) is 15.3. The molecule has 0 bridgehead atoms. The Balaban J connectivity index is 2.32. The molecule has 1 amide bonds. The number of carboxylic acid groups (broad SMARTS) is 1. The van der Waals surface area contributed by atoms with E-state index < -0.39 is 17.5 Å². The SMILES string of the molecule is CCC(=O)N(c1ccccc1)C1(C(=O)OC)CCN(CCC(=O)O)CC1. The predicted octanol–water partition coefficient (Wildman–Crippen LogP) is 1.91. The zero-order valence-corrected chi connectivity index (χ0v) is 15.3. The molecule has 1 heterocycles. The largest absolute Gasteiger partial charge is 0.481 e. The van der Waals surface area contributed by atoms with E-state index in [9.17, 15) is 14.4 Å². The fourth-order valence-electron chi connectivity index (χ4n) is 3.47. The molecule has 142 valence electrons. The number of carbonyl (C=O) groups is 3. The molecule has 26 heavy (non-hydrogen) atoms. The lowest BCUT2D eigenvalue weighted by atomic mass is 9.84. The standard InChI is InChI=1S/C19H26N2O5/c1-3-16(22)21(15-7-5-4-6-8-15)19(18(25)26-2)10-13-20(14-11-19)12-9-17(23)24/h4-8H,3,9-14H2,1-2H3,(H,23,24). The van der Waals surface area contributed by atoms with Gasteiger partial charge >= 0.3 is 11.9 Å². The minimum Gasteiger partial charge on any atom is -0.481 e. The summed E-state index contributed by atoms with van der Waals surface area (Å²) in [5, 5.41) is 8.86. The molecule has 0 unspecified atom stereocenters. The molecule has 1 aliphatic heterocycles. The topological polar surface area (TPSA) is 87.2 Å². The van der Waals surface area contributed by atoms with Crippen molar-refractivity contribution in [1.82, 2.24) is 4.90 Å². The number of ether oxygens (including phenoxy) is 1. The summed E-state index contributed by atoms with van der Waals surface area (Å²) in [6, 6.07) is 9.15.